The first-order valence-corrected chi connectivity index (χ1v) is 7.00. The van der Waals surface area contributed by atoms with Gasteiger partial charge in [0.25, 0.3) is 0 Å². The third-order valence-electron chi connectivity index (χ3n) is 2.96. The van der Waals surface area contributed by atoms with Gasteiger partial charge in [0.2, 0.25) is 0 Å². The number of nitrogens with zero attached hydrogens (tertiary/aromatic N) is 3. The van der Waals surface area contributed by atoms with E-state index in [-0.39, 0.29) is 0 Å². The van der Waals surface area contributed by atoms with E-state index in [1.54, 1.807) is 7.11 Å². The first kappa shape index (κ1) is 16.1. The number of aryl methyl sites for hydroxylation is 2. The molecule has 0 aliphatic heterocycles. The fourth-order valence-corrected chi connectivity index (χ4v) is 2.08. The Labute approximate surface area is 120 Å². The Kier molecular flexibility index (Phi) is 6.97. The highest BCUT2D eigenvalue weighted by Crippen LogP contribution is 2.08. The second kappa shape index (κ2) is 8.24. The van der Waals surface area contributed by atoms with Gasteiger partial charge >= 0.3 is 0 Å². The molecule has 1 aromatic heterocycles. The van der Waals surface area contributed by atoms with Gasteiger partial charge in [0.1, 0.15) is 0 Å². The van der Waals surface area contributed by atoms with Gasteiger partial charge in [0, 0.05) is 39.7 Å². The fraction of sp³-hybridized carbons (Fsp3) is 0.692. The molecular formula is C13H24N4OS. The van der Waals surface area contributed by atoms with Crippen molar-refractivity contribution >= 4 is 17.2 Å². The van der Waals surface area contributed by atoms with Gasteiger partial charge in [-0.05, 0) is 19.9 Å². The molecule has 0 bridgehead atoms. The summed E-state index contributed by atoms with van der Waals surface area (Å²) < 4.78 is 7.19. The molecule has 0 spiro atoms. The van der Waals surface area contributed by atoms with E-state index in [9.17, 15) is 0 Å². The lowest BCUT2D eigenvalue weighted by molar-refractivity contribution is 0.144. The molecule has 0 fully saturated rings. The Balaban J connectivity index is 2.65. The van der Waals surface area contributed by atoms with Crippen molar-refractivity contribution < 1.29 is 4.74 Å². The minimum Gasteiger partial charge on any atom is -0.393 e. The highest BCUT2D eigenvalue weighted by Gasteiger charge is 2.11. The van der Waals surface area contributed by atoms with Crippen LogP contribution < -0.4 is 5.73 Å². The van der Waals surface area contributed by atoms with Crippen LogP contribution in [0.2, 0.25) is 0 Å². The number of aromatic nitrogens is 2. The summed E-state index contributed by atoms with van der Waals surface area (Å²) in [6.07, 6.45) is 0.734. The van der Waals surface area contributed by atoms with Crippen LogP contribution in [0.3, 0.4) is 0 Å². The Bertz CT molecular complexity index is 405. The zero-order valence-electron chi connectivity index (χ0n) is 12.1. The third-order valence-corrected chi connectivity index (χ3v) is 3.16. The number of methoxy groups -OCH3 is 1. The molecule has 6 heteroatoms. The topological polar surface area (TPSA) is 56.3 Å². The largest absolute Gasteiger partial charge is 0.393 e. The molecule has 1 aromatic rings. The Morgan fingerprint density at radius 2 is 2.26 bits per heavy atom. The van der Waals surface area contributed by atoms with Gasteiger partial charge in [-0.2, -0.15) is 5.10 Å². The molecule has 1 rings (SSSR count). The SMILES string of the molecule is CCn1nc(C)cc1CN(CCOC)CCC(N)=S. The van der Waals surface area contributed by atoms with Crippen molar-refractivity contribution in [1.82, 2.24) is 14.7 Å². The maximum atomic E-state index is 5.58. The summed E-state index contributed by atoms with van der Waals surface area (Å²) in [5.41, 5.74) is 7.85. The average Bonchev–Trinajstić information content (AvgIpc) is 2.72. The number of ether oxygens (including phenoxy) is 1. The summed E-state index contributed by atoms with van der Waals surface area (Å²) in [5, 5.41) is 4.47. The first-order valence-electron chi connectivity index (χ1n) is 6.59. The number of nitrogens with two attached hydrogens (primary N) is 1. The maximum Gasteiger partial charge on any atom is 0.0740 e. The van der Waals surface area contributed by atoms with Crippen LogP contribution in [-0.2, 0) is 17.8 Å². The monoisotopic (exact) mass is 284 g/mol. The predicted molar refractivity (Wildman–Crippen MR) is 81.2 cm³/mol. The van der Waals surface area contributed by atoms with Crippen molar-refractivity contribution in [2.75, 3.05) is 26.8 Å². The van der Waals surface area contributed by atoms with Crippen LogP contribution in [0.4, 0.5) is 0 Å². The number of hydrogen-bond donors (Lipinski definition) is 1. The van der Waals surface area contributed by atoms with Crippen molar-refractivity contribution in [2.45, 2.75) is 33.4 Å². The van der Waals surface area contributed by atoms with Crippen molar-refractivity contribution in [3.05, 3.63) is 17.5 Å². The van der Waals surface area contributed by atoms with Gasteiger partial charge in [-0.1, -0.05) is 12.2 Å². The minimum atomic E-state index is 0.558. The highest BCUT2D eigenvalue weighted by molar-refractivity contribution is 7.80. The van der Waals surface area contributed by atoms with Crippen LogP contribution in [0.15, 0.2) is 6.07 Å². The average molecular weight is 284 g/mol. The van der Waals surface area contributed by atoms with E-state index in [1.165, 1.54) is 5.69 Å². The van der Waals surface area contributed by atoms with Crippen molar-refractivity contribution in [3.8, 4) is 0 Å². The molecule has 0 radical (unpaired) electrons. The Morgan fingerprint density at radius 1 is 1.53 bits per heavy atom. The molecule has 0 atom stereocenters. The van der Waals surface area contributed by atoms with Crippen molar-refractivity contribution in [1.29, 1.82) is 0 Å². The molecular weight excluding hydrogens is 260 g/mol. The van der Waals surface area contributed by atoms with E-state index >= 15 is 0 Å². The molecule has 0 aliphatic carbocycles. The molecule has 0 aliphatic rings. The molecule has 5 nitrogen and oxygen atoms in total. The summed E-state index contributed by atoms with van der Waals surface area (Å²) >= 11 is 4.95. The molecule has 2 N–H and O–H groups in total. The van der Waals surface area contributed by atoms with Gasteiger partial charge in [0.15, 0.2) is 0 Å². The van der Waals surface area contributed by atoms with E-state index in [1.807, 2.05) is 11.6 Å². The smallest absolute Gasteiger partial charge is 0.0740 e. The summed E-state index contributed by atoms with van der Waals surface area (Å²) in [5.74, 6) is 0. The number of thiocarbonyl (C=S) groups is 1. The highest BCUT2D eigenvalue weighted by atomic mass is 32.1. The van der Waals surface area contributed by atoms with E-state index in [0.29, 0.717) is 11.6 Å². The van der Waals surface area contributed by atoms with E-state index in [2.05, 4.69) is 23.0 Å². The fourth-order valence-electron chi connectivity index (χ4n) is 1.99. The van der Waals surface area contributed by atoms with Gasteiger partial charge in [0.05, 0.1) is 23.0 Å². The van der Waals surface area contributed by atoms with Crippen LogP contribution in [0, 0.1) is 6.92 Å². The summed E-state index contributed by atoms with van der Waals surface area (Å²) in [7, 11) is 1.71. The Morgan fingerprint density at radius 3 is 2.84 bits per heavy atom. The van der Waals surface area contributed by atoms with Crippen LogP contribution in [-0.4, -0.2) is 46.5 Å². The second-order valence-corrected chi connectivity index (χ2v) is 5.10. The predicted octanol–water partition coefficient (Wildman–Crippen LogP) is 1.34. The van der Waals surface area contributed by atoms with Gasteiger partial charge in [-0.25, -0.2) is 0 Å². The van der Waals surface area contributed by atoms with E-state index in [0.717, 1.165) is 38.3 Å². The van der Waals surface area contributed by atoms with Crippen molar-refractivity contribution in [3.63, 3.8) is 0 Å². The molecule has 0 amide bonds. The minimum absolute atomic E-state index is 0.558. The van der Waals surface area contributed by atoms with Crippen LogP contribution >= 0.6 is 12.2 Å². The maximum absolute atomic E-state index is 5.58. The zero-order valence-corrected chi connectivity index (χ0v) is 12.9. The molecule has 0 unspecified atom stereocenters. The molecule has 19 heavy (non-hydrogen) atoms. The standard InChI is InChI=1S/C13H24N4OS/c1-4-17-12(9-11(2)15-17)10-16(7-8-18-3)6-5-13(14)19/h9H,4-8,10H2,1-3H3,(H2,14,19). The number of hydrogen-bond acceptors (Lipinski definition) is 4. The molecule has 108 valence electrons. The molecule has 0 saturated heterocycles. The van der Waals surface area contributed by atoms with Gasteiger partial charge in [-0.15, -0.1) is 0 Å². The quantitative estimate of drug-likeness (QED) is 0.693. The number of rotatable bonds is 9. The van der Waals surface area contributed by atoms with Gasteiger partial charge < -0.3 is 10.5 Å². The van der Waals surface area contributed by atoms with Crippen LogP contribution in [0.5, 0.6) is 0 Å². The lowest BCUT2D eigenvalue weighted by Crippen LogP contribution is -2.31. The molecule has 1 heterocycles. The lowest BCUT2D eigenvalue weighted by atomic mass is 10.3. The molecule has 0 aromatic carbocycles. The normalized spacial score (nSPS) is 11.2. The lowest BCUT2D eigenvalue weighted by Gasteiger charge is -2.22. The zero-order chi connectivity index (χ0) is 14.3. The summed E-state index contributed by atoms with van der Waals surface area (Å²) in [6, 6.07) is 2.13. The van der Waals surface area contributed by atoms with Crippen molar-refractivity contribution in [2.24, 2.45) is 5.73 Å². The van der Waals surface area contributed by atoms with Gasteiger partial charge in [-0.3, -0.25) is 9.58 Å². The van der Waals surface area contributed by atoms with E-state index < -0.39 is 0 Å². The first-order chi connectivity index (χ1) is 9.06. The summed E-state index contributed by atoms with van der Waals surface area (Å²) in [4.78, 5) is 2.85. The summed E-state index contributed by atoms with van der Waals surface area (Å²) in [6.45, 7) is 8.28. The Hall–Kier alpha value is -0.980. The third kappa shape index (κ3) is 5.67. The second-order valence-electron chi connectivity index (χ2n) is 4.58. The van der Waals surface area contributed by atoms with Crippen LogP contribution in [0.25, 0.3) is 0 Å². The van der Waals surface area contributed by atoms with E-state index in [4.69, 9.17) is 22.7 Å². The van der Waals surface area contributed by atoms with Crippen LogP contribution in [0.1, 0.15) is 24.7 Å². The molecule has 0 saturated carbocycles.